The largest absolute Gasteiger partial charge is 0.337 e. The molecule has 8 rings (SSSR count). The molecule has 0 amide bonds. The van der Waals surface area contributed by atoms with Crippen molar-refractivity contribution in [2.45, 2.75) is 9.79 Å². The molecule has 0 bridgehead atoms. The highest BCUT2D eigenvalue weighted by Crippen LogP contribution is 2.34. The van der Waals surface area contributed by atoms with Gasteiger partial charge in [-0.2, -0.15) is 0 Å². The zero-order valence-electron chi connectivity index (χ0n) is 28.4. The Balaban J connectivity index is 1.08. The standard InChI is InChI=1S/C38H28ClFN8O4S2/c1-47(34-14-4-3-10-26(34)39)53(49,50)23-16-19-29-33(21-23)46-38(44-29)31-13-8-12-27(42-31)25-9-7-15-35(36(25)40)48(2)54(51,52)24-17-18-28-32(22-24)45-37(43-28)30-11-5-6-20-41-30/h3-22H,1-2H3,(H,43,45)(H,44,46). The van der Waals surface area contributed by atoms with Crippen LogP contribution in [0.1, 0.15) is 0 Å². The predicted octanol–water partition coefficient (Wildman–Crippen LogP) is 7.67. The number of halogens is 2. The van der Waals surface area contributed by atoms with Gasteiger partial charge in [0.2, 0.25) is 0 Å². The first-order chi connectivity index (χ1) is 25.9. The number of aromatic amines is 2. The number of imidazole rings is 2. The second-order valence-electron chi connectivity index (χ2n) is 12.2. The van der Waals surface area contributed by atoms with E-state index in [9.17, 15) is 16.8 Å². The van der Waals surface area contributed by atoms with E-state index in [-0.39, 0.29) is 31.8 Å². The van der Waals surface area contributed by atoms with Gasteiger partial charge in [0.1, 0.15) is 11.4 Å². The molecule has 4 heterocycles. The summed E-state index contributed by atoms with van der Waals surface area (Å²) >= 11 is 6.26. The van der Waals surface area contributed by atoms with Gasteiger partial charge >= 0.3 is 0 Å². The van der Waals surface area contributed by atoms with Crippen molar-refractivity contribution in [1.29, 1.82) is 0 Å². The van der Waals surface area contributed by atoms with Crippen LogP contribution in [-0.4, -0.2) is 60.8 Å². The third-order valence-electron chi connectivity index (χ3n) is 8.91. The second-order valence-corrected chi connectivity index (χ2v) is 16.5. The van der Waals surface area contributed by atoms with Gasteiger partial charge in [-0.1, -0.05) is 41.9 Å². The average Bonchev–Trinajstić information content (AvgIpc) is 3.82. The van der Waals surface area contributed by atoms with Crippen LogP contribution in [-0.2, 0) is 20.0 Å². The Labute approximate surface area is 314 Å². The van der Waals surface area contributed by atoms with Crippen molar-refractivity contribution in [2.24, 2.45) is 0 Å². The number of pyridine rings is 2. The van der Waals surface area contributed by atoms with Gasteiger partial charge in [0, 0.05) is 25.9 Å². The molecule has 0 atom stereocenters. The summed E-state index contributed by atoms with van der Waals surface area (Å²) in [6, 6.07) is 30.4. The van der Waals surface area contributed by atoms with E-state index in [0.29, 0.717) is 50.8 Å². The van der Waals surface area contributed by atoms with Gasteiger partial charge < -0.3 is 9.97 Å². The molecule has 0 radical (unpaired) electrons. The lowest BCUT2D eigenvalue weighted by Crippen LogP contribution is -2.27. The summed E-state index contributed by atoms with van der Waals surface area (Å²) in [6.07, 6.45) is 1.64. The fourth-order valence-corrected chi connectivity index (χ4v) is 8.78. The highest BCUT2D eigenvalue weighted by Gasteiger charge is 2.27. The Morgan fingerprint density at radius 1 is 0.593 bits per heavy atom. The van der Waals surface area contributed by atoms with E-state index in [1.165, 1.54) is 50.5 Å². The molecule has 4 aromatic carbocycles. The summed E-state index contributed by atoms with van der Waals surface area (Å²) in [4.78, 5) is 24.2. The quantitative estimate of drug-likeness (QED) is 0.151. The van der Waals surface area contributed by atoms with Crippen molar-refractivity contribution >= 4 is 65.1 Å². The lowest BCUT2D eigenvalue weighted by molar-refractivity contribution is 0.590. The minimum Gasteiger partial charge on any atom is -0.337 e. The molecule has 54 heavy (non-hydrogen) atoms. The van der Waals surface area contributed by atoms with Gasteiger partial charge in [-0.25, -0.2) is 36.2 Å². The van der Waals surface area contributed by atoms with Crippen molar-refractivity contribution in [3.63, 3.8) is 0 Å². The molecule has 4 aromatic heterocycles. The molecule has 0 fully saturated rings. The number of anilines is 2. The van der Waals surface area contributed by atoms with Gasteiger partial charge in [0.25, 0.3) is 20.0 Å². The summed E-state index contributed by atoms with van der Waals surface area (Å²) in [5, 5.41) is 0.290. The highest BCUT2D eigenvalue weighted by atomic mass is 35.5. The minimum absolute atomic E-state index is 0.0195. The summed E-state index contributed by atoms with van der Waals surface area (Å²) < 4.78 is 73.0. The zero-order valence-corrected chi connectivity index (χ0v) is 30.8. The van der Waals surface area contributed by atoms with Gasteiger partial charge in [-0.3, -0.25) is 13.6 Å². The SMILES string of the molecule is CN(c1ccccc1Cl)S(=O)(=O)c1ccc2nc(-c3cccc(-c4cccc(N(C)S(=O)(=O)c5ccc6nc(-c7ccccn7)[nH]c6c5)c4F)n3)[nH]c2c1. The van der Waals surface area contributed by atoms with E-state index >= 15 is 4.39 Å². The van der Waals surface area contributed by atoms with Crippen LogP contribution in [0.5, 0.6) is 0 Å². The fraction of sp³-hybridized carbons (Fsp3) is 0.0526. The second kappa shape index (κ2) is 13.4. The number of aromatic nitrogens is 6. The molecule has 8 aromatic rings. The highest BCUT2D eigenvalue weighted by molar-refractivity contribution is 7.93. The predicted molar refractivity (Wildman–Crippen MR) is 207 cm³/mol. The van der Waals surface area contributed by atoms with Crippen LogP contribution in [0.25, 0.3) is 56.4 Å². The molecule has 270 valence electrons. The Morgan fingerprint density at radius 3 is 1.76 bits per heavy atom. The summed E-state index contributed by atoms with van der Waals surface area (Å²) in [7, 11) is -5.49. The third kappa shape index (κ3) is 6.11. The molecule has 0 saturated carbocycles. The number of nitrogens with zero attached hydrogens (tertiary/aromatic N) is 6. The molecule has 16 heteroatoms. The van der Waals surface area contributed by atoms with E-state index in [1.807, 2.05) is 6.07 Å². The van der Waals surface area contributed by atoms with Crippen LogP contribution in [0.3, 0.4) is 0 Å². The van der Waals surface area contributed by atoms with Crippen LogP contribution in [0.4, 0.5) is 15.8 Å². The Hall–Kier alpha value is -6.16. The average molecular weight is 779 g/mol. The van der Waals surface area contributed by atoms with Gasteiger partial charge in [0.05, 0.1) is 53.9 Å². The number of H-pyrrole nitrogens is 2. The van der Waals surface area contributed by atoms with Gasteiger partial charge in [-0.05, 0) is 84.9 Å². The molecule has 2 N–H and O–H groups in total. The first kappa shape index (κ1) is 34.9. The fourth-order valence-electron chi connectivity index (χ4n) is 6.00. The molecule has 0 spiro atoms. The van der Waals surface area contributed by atoms with Crippen molar-refractivity contribution in [2.75, 3.05) is 22.7 Å². The van der Waals surface area contributed by atoms with Crippen molar-refractivity contribution in [3.8, 4) is 34.3 Å². The van der Waals surface area contributed by atoms with Crippen LogP contribution in [0, 0.1) is 5.82 Å². The summed E-state index contributed by atoms with van der Waals surface area (Å²) in [5.74, 6) is 0.00707. The summed E-state index contributed by atoms with van der Waals surface area (Å²) in [6.45, 7) is 0. The maximum Gasteiger partial charge on any atom is 0.264 e. The van der Waals surface area contributed by atoms with Crippen molar-refractivity contribution in [3.05, 3.63) is 132 Å². The summed E-state index contributed by atoms with van der Waals surface area (Å²) in [5.41, 5.74) is 3.34. The number of benzene rings is 4. The smallest absolute Gasteiger partial charge is 0.264 e. The zero-order chi connectivity index (χ0) is 37.8. The third-order valence-corrected chi connectivity index (χ3v) is 12.8. The van der Waals surface area contributed by atoms with Crippen LogP contribution in [0.2, 0.25) is 5.02 Å². The minimum atomic E-state index is -4.22. The van der Waals surface area contributed by atoms with Crippen LogP contribution in [0.15, 0.2) is 131 Å². The maximum atomic E-state index is 16.3. The van der Waals surface area contributed by atoms with Crippen LogP contribution < -0.4 is 8.61 Å². The lowest BCUT2D eigenvalue weighted by atomic mass is 10.1. The van der Waals surface area contributed by atoms with E-state index in [2.05, 4.69) is 29.9 Å². The lowest BCUT2D eigenvalue weighted by Gasteiger charge is -2.21. The number of para-hydroxylation sites is 1. The number of hydrogen-bond donors (Lipinski definition) is 2. The number of hydrogen-bond acceptors (Lipinski definition) is 8. The number of fused-ring (bicyclic) bond motifs is 2. The van der Waals surface area contributed by atoms with E-state index in [4.69, 9.17) is 11.6 Å². The Kier molecular flexibility index (Phi) is 8.63. The Morgan fingerprint density at radius 2 is 1.13 bits per heavy atom. The first-order valence-corrected chi connectivity index (χ1v) is 19.6. The topological polar surface area (TPSA) is 158 Å². The molecular formula is C38H28ClFN8O4S2. The normalized spacial score (nSPS) is 12.0. The molecule has 0 aliphatic heterocycles. The molecule has 0 unspecified atom stereocenters. The maximum absolute atomic E-state index is 16.3. The van der Waals surface area contributed by atoms with Crippen molar-refractivity contribution < 1.29 is 21.2 Å². The molecule has 0 aliphatic rings. The van der Waals surface area contributed by atoms with Crippen LogP contribution >= 0.6 is 11.6 Å². The van der Waals surface area contributed by atoms with E-state index < -0.39 is 25.9 Å². The number of sulfonamides is 2. The molecule has 0 aliphatic carbocycles. The number of nitrogens with one attached hydrogen (secondary N) is 2. The van der Waals surface area contributed by atoms with Gasteiger partial charge in [0.15, 0.2) is 17.5 Å². The number of rotatable bonds is 9. The van der Waals surface area contributed by atoms with Gasteiger partial charge in [-0.15, -0.1) is 0 Å². The molecule has 12 nitrogen and oxygen atoms in total. The monoisotopic (exact) mass is 778 g/mol. The molecular weight excluding hydrogens is 751 g/mol. The Bertz CT molecular complexity index is 2960. The molecule has 0 saturated heterocycles. The van der Waals surface area contributed by atoms with E-state index in [1.54, 1.807) is 79.0 Å². The van der Waals surface area contributed by atoms with Crippen molar-refractivity contribution in [1.82, 2.24) is 29.9 Å². The first-order valence-electron chi connectivity index (χ1n) is 16.3. The van der Waals surface area contributed by atoms with E-state index in [0.717, 1.165) is 8.61 Å².